The molecule has 1 aliphatic rings. The van der Waals surface area contributed by atoms with E-state index >= 15 is 0 Å². The fraction of sp³-hybridized carbons (Fsp3) is 0.600. The van der Waals surface area contributed by atoms with Crippen molar-refractivity contribution < 1.29 is 8.42 Å². The molecule has 1 aromatic carbocycles. The lowest BCUT2D eigenvalue weighted by molar-refractivity contribution is 0.457. The topological polar surface area (TPSA) is 58.2 Å². The van der Waals surface area contributed by atoms with Gasteiger partial charge in [0.25, 0.3) is 0 Å². The fourth-order valence-corrected chi connectivity index (χ4v) is 4.23. The first kappa shape index (κ1) is 15.5. The van der Waals surface area contributed by atoms with Crippen LogP contribution in [0.15, 0.2) is 29.2 Å². The number of benzene rings is 1. The first-order valence-electron chi connectivity index (χ1n) is 6.89. The molecule has 2 N–H and O–H groups in total. The Morgan fingerprint density at radius 1 is 1.05 bits per heavy atom. The van der Waals surface area contributed by atoms with E-state index in [0.29, 0.717) is 4.90 Å². The van der Waals surface area contributed by atoms with Crippen molar-refractivity contribution in [2.75, 3.05) is 7.05 Å². The smallest absolute Gasteiger partial charge is 0.240 e. The summed E-state index contributed by atoms with van der Waals surface area (Å²) in [5.41, 5.74) is 1.05. The number of hydrogen-bond donors (Lipinski definition) is 2. The van der Waals surface area contributed by atoms with Gasteiger partial charge in [-0.05, 0) is 35.6 Å². The van der Waals surface area contributed by atoms with Gasteiger partial charge in [0.05, 0.1) is 4.90 Å². The summed E-state index contributed by atoms with van der Waals surface area (Å²) < 4.78 is 27.6. The Morgan fingerprint density at radius 2 is 1.55 bits per heavy atom. The molecule has 2 rings (SSSR count). The zero-order valence-electron chi connectivity index (χ0n) is 12.8. The van der Waals surface area contributed by atoms with Crippen LogP contribution in [0.3, 0.4) is 0 Å². The van der Waals surface area contributed by atoms with E-state index in [0.717, 1.165) is 12.1 Å². The van der Waals surface area contributed by atoms with E-state index < -0.39 is 10.0 Å². The predicted octanol–water partition coefficient (Wildman–Crippen LogP) is 2.12. The minimum Gasteiger partial charge on any atom is -0.316 e. The van der Waals surface area contributed by atoms with Gasteiger partial charge in [-0.15, -0.1) is 0 Å². The van der Waals surface area contributed by atoms with Crippen molar-refractivity contribution in [1.29, 1.82) is 0 Å². The second-order valence-electron chi connectivity index (χ2n) is 6.67. The molecule has 1 fully saturated rings. The first-order chi connectivity index (χ1) is 9.13. The highest BCUT2D eigenvalue weighted by molar-refractivity contribution is 7.89. The van der Waals surface area contributed by atoms with Gasteiger partial charge in [-0.25, -0.2) is 13.1 Å². The molecule has 0 bridgehead atoms. The van der Waals surface area contributed by atoms with Crippen LogP contribution in [-0.4, -0.2) is 21.5 Å². The maximum absolute atomic E-state index is 12.4. The van der Waals surface area contributed by atoms with Gasteiger partial charge in [-0.2, -0.15) is 0 Å². The largest absolute Gasteiger partial charge is 0.316 e. The minimum atomic E-state index is -3.44. The molecule has 1 aliphatic carbocycles. The second kappa shape index (κ2) is 4.83. The quantitative estimate of drug-likeness (QED) is 0.875. The number of rotatable bonds is 5. The third-order valence-electron chi connectivity index (χ3n) is 4.91. The van der Waals surface area contributed by atoms with Gasteiger partial charge in [0, 0.05) is 12.6 Å². The SMILES string of the molecule is CNCc1ccc(S(=O)(=O)NC2C(C)(C)C2(C)C)cc1. The maximum atomic E-state index is 12.4. The number of hydrogen-bond acceptors (Lipinski definition) is 3. The zero-order chi connectivity index (χ0) is 15.2. The lowest BCUT2D eigenvalue weighted by Crippen LogP contribution is -2.29. The Bertz CT molecular complexity index is 575. The summed E-state index contributed by atoms with van der Waals surface area (Å²) in [7, 11) is -1.58. The molecule has 0 saturated heterocycles. The van der Waals surface area contributed by atoms with Crippen molar-refractivity contribution in [3.8, 4) is 0 Å². The van der Waals surface area contributed by atoms with Crippen LogP contribution in [0, 0.1) is 10.8 Å². The molecule has 0 amide bonds. The Morgan fingerprint density at radius 3 is 1.95 bits per heavy atom. The van der Waals surface area contributed by atoms with Crippen LogP contribution in [-0.2, 0) is 16.6 Å². The summed E-state index contributed by atoms with van der Waals surface area (Å²) in [4.78, 5) is 0.329. The van der Waals surface area contributed by atoms with E-state index in [-0.39, 0.29) is 16.9 Å². The van der Waals surface area contributed by atoms with Crippen molar-refractivity contribution in [3.63, 3.8) is 0 Å². The summed E-state index contributed by atoms with van der Waals surface area (Å²) in [6.45, 7) is 9.11. The molecule has 0 aromatic heterocycles. The van der Waals surface area contributed by atoms with Crippen molar-refractivity contribution in [1.82, 2.24) is 10.0 Å². The van der Waals surface area contributed by atoms with Gasteiger partial charge in [-0.1, -0.05) is 39.8 Å². The lowest BCUT2D eigenvalue weighted by Gasteiger charge is -2.09. The summed E-state index contributed by atoms with van der Waals surface area (Å²) in [6, 6.07) is 6.99. The maximum Gasteiger partial charge on any atom is 0.240 e. The van der Waals surface area contributed by atoms with Gasteiger partial charge in [-0.3, -0.25) is 0 Å². The van der Waals surface area contributed by atoms with Crippen molar-refractivity contribution in [2.24, 2.45) is 10.8 Å². The van der Waals surface area contributed by atoms with Gasteiger partial charge < -0.3 is 5.32 Å². The van der Waals surface area contributed by atoms with Gasteiger partial charge in [0.1, 0.15) is 0 Å². The summed E-state index contributed by atoms with van der Waals surface area (Å²) >= 11 is 0. The normalized spacial score (nSPS) is 20.9. The molecule has 0 aliphatic heterocycles. The van der Waals surface area contributed by atoms with Crippen molar-refractivity contribution >= 4 is 10.0 Å². The Hall–Kier alpha value is -0.910. The summed E-state index contributed by atoms with van der Waals surface area (Å²) in [5.74, 6) is 0. The van der Waals surface area contributed by atoms with E-state index in [9.17, 15) is 8.42 Å². The molecule has 0 radical (unpaired) electrons. The molecule has 4 nitrogen and oxygen atoms in total. The van der Waals surface area contributed by atoms with Crippen molar-refractivity contribution in [3.05, 3.63) is 29.8 Å². The third kappa shape index (κ3) is 2.50. The molecule has 0 spiro atoms. The van der Waals surface area contributed by atoms with Crippen LogP contribution in [0.1, 0.15) is 33.3 Å². The highest BCUT2D eigenvalue weighted by Gasteiger charge is 2.65. The van der Waals surface area contributed by atoms with Crippen LogP contribution >= 0.6 is 0 Å². The molecule has 1 aromatic rings. The molecule has 20 heavy (non-hydrogen) atoms. The van der Waals surface area contributed by atoms with Crippen LogP contribution in [0.25, 0.3) is 0 Å². The molecule has 0 unspecified atom stereocenters. The molecular formula is C15H24N2O2S. The van der Waals surface area contributed by atoms with Crippen LogP contribution < -0.4 is 10.0 Å². The number of nitrogens with one attached hydrogen (secondary N) is 2. The Balaban J connectivity index is 2.16. The highest BCUT2D eigenvalue weighted by atomic mass is 32.2. The highest BCUT2D eigenvalue weighted by Crippen LogP contribution is 2.62. The van der Waals surface area contributed by atoms with Crippen LogP contribution in [0.2, 0.25) is 0 Å². The molecule has 5 heteroatoms. The average molecular weight is 296 g/mol. The Kier molecular flexibility index (Phi) is 3.73. The summed E-state index contributed by atoms with van der Waals surface area (Å²) in [5, 5.41) is 3.04. The van der Waals surface area contributed by atoms with Gasteiger partial charge in [0.15, 0.2) is 0 Å². The van der Waals surface area contributed by atoms with E-state index in [4.69, 9.17) is 0 Å². The molecule has 112 valence electrons. The molecular weight excluding hydrogens is 272 g/mol. The molecule has 0 atom stereocenters. The predicted molar refractivity (Wildman–Crippen MR) is 80.9 cm³/mol. The van der Waals surface area contributed by atoms with Gasteiger partial charge >= 0.3 is 0 Å². The standard InChI is InChI=1S/C15H24N2O2S/c1-14(2)13(15(14,3)4)17-20(18,19)12-8-6-11(7-9-12)10-16-5/h6-9,13,16-17H,10H2,1-5H3. The third-order valence-corrected chi connectivity index (χ3v) is 6.35. The van der Waals surface area contributed by atoms with E-state index in [1.165, 1.54) is 0 Å². The lowest BCUT2D eigenvalue weighted by atomic mass is 10.0. The molecule has 1 saturated carbocycles. The average Bonchev–Trinajstić information content (AvgIpc) is 2.72. The van der Waals surface area contributed by atoms with E-state index in [1.807, 2.05) is 19.2 Å². The fourth-order valence-electron chi connectivity index (χ4n) is 2.70. The molecule has 0 heterocycles. The second-order valence-corrected chi connectivity index (χ2v) is 8.39. The number of sulfonamides is 1. The van der Waals surface area contributed by atoms with Crippen LogP contribution in [0.4, 0.5) is 0 Å². The zero-order valence-corrected chi connectivity index (χ0v) is 13.6. The van der Waals surface area contributed by atoms with Crippen LogP contribution in [0.5, 0.6) is 0 Å². The van der Waals surface area contributed by atoms with Gasteiger partial charge in [0.2, 0.25) is 10.0 Å². The monoisotopic (exact) mass is 296 g/mol. The summed E-state index contributed by atoms with van der Waals surface area (Å²) in [6.07, 6.45) is 0. The van der Waals surface area contributed by atoms with E-state index in [1.54, 1.807) is 12.1 Å². The minimum absolute atomic E-state index is 0.00780. The van der Waals surface area contributed by atoms with Crippen molar-refractivity contribution in [2.45, 2.75) is 45.2 Å². The first-order valence-corrected chi connectivity index (χ1v) is 8.37. The Labute approximate surface area is 122 Å². The van der Waals surface area contributed by atoms with E-state index in [2.05, 4.69) is 37.7 Å².